The molecule has 110 valence electrons. The van der Waals surface area contributed by atoms with Crippen LogP contribution in [0.25, 0.3) is 0 Å². The minimum Gasteiger partial charge on any atom is -0.493 e. The molecule has 0 saturated heterocycles. The molecular weight excluding hydrogens is 268 g/mol. The molecule has 0 saturated carbocycles. The molecule has 1 N–H and O–H groups in total. The second-order valence-corrected chi connectivity index (χ2v) is 4.69. The van der Waals surface area contributed by atoms with E-state index in [-0.39, 0.29) is 0 Å². The fourth-order valence-electron chi connectivity index (χ4n) is 2.28. The lowest BCUT2D eigenvalue weighted by Crippen LogP contribution is -2.14. The number of ether oxygens (including phenoxy) is 2. The first kappa shape index (κ1) is 14.9. The molecule has 4 heteroatoms. The Bertz CT molecular complexity index is 607. The van der Waals surface area contributed by atoms with Crippen molar-refractivity contribution >= 4 is 5.97 Å². The maximum atomic E-state index is 11.5. The highest BCUT2D eigenvalue weighted by atomic mass is 16.5. The van der Waals surface area contributed by atoms with E-state index < -0.39 is 11.9 Å². The number of carboxylic acid groups (broad SMARTS) is 1. The summed E-state index contributed by atoms with van der Waals surface area (Å²) in [7, 11) is 3.13. The van der Waals surface area contributed by atoms with Crippen LogP contribution < -0.4 is 9.47 Å². The summed E-state index contributed by atoms with van der Waals surface area (Å²) in [5.74, 6) is -0.180. The van der Waals surface area contributed by atoms with E-state index in [0.29, 0.717) is 17.9 Å². The summed E-state index contributed by atoms with van der Waals surface area (Å²) in [5, 5.41) is 9.46. The highest BCUT2D eigenvalue weighted by Gasteiger charge is 2.20. The summed E-state index contributed by atoms with van der Waals surface area (Å²) >= 11 is 0. The lowest BCUT2D eigenvalue weighted by molar-refractivity contribution is -0.138. The molecule has 0 aliphatic rings. The topological polar surface area (TPSA) is 55.8 Å². The van der Waals surface area contributed by atoms with Gasteiger partial charge in [0.25, 0.3) is 0 Å². The van der Waals surface area contributed by atoms with E-state index in [2.05, 4.69) is 0 Å². The zero-order valence-electron chi connectivity index (χ0n) is 12.1. The van der Waals surface area contributed by atoms with Gasteiger partial charge in [0.05, 0.1) is 20.1 Å². The predicted octanol–water partition coefficient (Wildman–Crippen LogP) is 3.11. The molecule has 1 unspecified atom stereocenters. The van der Waals surface area contributed by atoms with Crippen LogP contribution >= 0.6 is 0 Å². The molecule has 2 aromatic carbocycles. The first-order valence-electron chi connectivity index (χ1n) is 6.64. The van der Waals surface area contributed by atoms with E-state index in [9.17, 15) is 9.90 Å². The molecule has 0 heterocycles. The average Bonchev–Trinajstić information content (AvgIpc) is 2.52. The number of hydrogen-bond acceptors (Lipinski definition) is 3. The van der Waals surface area contributed by atoms with E-state index >= 15 is 0 Å². The summed E-state index contributed by atoms with van der Waals surface area (Å²) in [5.41, 5.74) is 1.68. The zero-order chi connectivity index (χ0) is 15.2. The molecular formula is C17H18O4. The van der Waals surface area contributed by atoms with E-state index in [1.54, 1.807) is 20.3 Å². The van der Waals surface area contributed by atoms with Crippen molar-refractivity contribution in [3.05, 3.63) is 59.7 Å². The number of carboxylic acids is 1. The predicted molar refractivity (Wildman–Crippen MR) is 80.1 cm³/mol. The molecule has 0 radical (unpaired) electrons. The Morgan fingerprint density at radius 3 is 2.29 bits per heavy atom. The molecule has 21 heavy (non-hydrogen) atoms. The van der Waals surface area contributed by atoms with E-state index in [1.165, 1.54) is 0 Å². The van der Waals surface area contributed by atoms with Gasteiger partial charge in [-0.2, -0.15) is 0 Å². The molecule has 0 aliphatic heterocycles. The van der Waals surface area contributed by atoms with Gasteiger partial charge in [0.15, 0.2) is 11.5 Å². The highest BCUT2D eigenvalue weighted by molar-refractivity contribution is 5.76. The SMILES string of the molecule is COc1ccc(CC(C(=O)O)c2ccccc2)cc1OC. The monoisotopic (exact) mass is 286 g/mol. The van der Waals surface area contributed by atoms with Gasteiger partial charge in [-0.05, 0) is 29.7 Å². The normalized spacial score (nSPS) is 11.7. The summed E-state index contributed by atoms with van der Waals surface area (Å²) in [6.07, 6.45) is 0.402. The Morgan fingerprint density at radius 1 is 1.05 bits per heavy atom. The third kappa shape index (κ3) is 3.54. The van der Waals surface area contributed by atoms with E-state index in [0.717, 1.165) is 11.1 Å². The van der Waals surface area contributed by atoms with Crippen LogP contribution in [0, 0.1) is 0 Å². The Morgan fingerprint density at radius 2 is 1.71 bits per heavy atom. The number of aliphatic carboxylic acids is 1. The molecule has 0 fully saturated rings. The summed E-state index contributed by atoms with van der Waals surface area (Å²) in [4.78, 5) is 11.5. The molecule has 1 atom stereocenters. The van der Waals surface area contributed by atoms with Crippen molar-refractivity contribution in [1.82, 2.24) is 0 Å². The standard InChI is InChI=1S/C17H18O4/c1-20-15-9-8-12(11-16(15)21-2)10-14(17(18)19)13-6-4-3-5-7-13/h3-9,11,14H,10H2,1-2H3,(H,18,19). The van der Waals surface area contributed by atoms with Crippen LogP contribution in [0.4, 0.5) is 0 Å². The van der Waals surface area contributed by atoms with Crippen molar-refractivity contribution in [3.8, 4) is 11.5 Å². The lowest BCUT2D eigenvalue weighted by Gasteiger charge is -2.14. The molecule has 2 rings (SSSR count). The number of carbonyl (C=O) groups is 1. The van der Waals surface area contributed by atoms with Crippen LogP contribution in [0.5, 0.6) is 11.5 Å². The quantitative estimate of drug-likeness (QED) is 0.886. The number of benzene rings is 2. The molecule has 0 amide bonds. The minimum atomic E-state index is -0.837. The van der Waals surface area contributed by atoms with Crippen LogP contribution in [0.3, 0.4) is 0 Å². The van der Waals surface area contributed by atoms with E-state index in [1.807, 2.05) is 42.5 Å². The van der Waals surface area contributed by atoms with Gasteiger partial charge in [0.2, 0.25) is 0 Å². The van der Waals surface area contributed by atoms with Crippen molar-refractivity contribution < 1.29 is 19.4 Å². The van der Waals surface area contributed by atoms with Crippen LogP contribution in [-0.2, 0) is 11.2 Å². The van der Waals surface area contributed by atoms with Gasteiger partial charge in [0, 0.05) is 0 Å². The smallest absolute Gasteiger partial charge is 0.311 e. The van der Waals surface area contributed by atoms with Crippen LogP contribution in [0.15, 0.2) is 48.5 Å². The second-order valence-electron chi connectivity index (χ2n) is 4.69. The zero-order valence-corrected chi connectivity index (χ0v) is 12.1. The van der Waals surface area contributed by atoms with Gasteiger partial charge in [-0.1, -0.05) is 36.4 Å². The van der Waals surface area contributed by atoms with Crippen molar-refractivity contribution in [1.29, 1.82) is 0 Å². The summed E-state index contributed by atoms with van der Waals surface area (Å²) in [6, 6.07) is 14.7. The summed E-state index contributed by atoms with van der Waals surface area (Å²) in [6.45, 7) is 0. The number of rotatable bonds is 6. The molecule has 0 spiro atoms. The highest BCUT2D eigenvalue weighted by Crippen LogP contribution is 2.30. The van der Waals surface area contributed by atoms with Crippen LogP contribution in [-0.4, -0.2) is 25.3 Å². The Labute approximate surface area is 123 Å². The second kappa shape index (κ2) is 6.79. The van der Waals surface area contributed by atoms with Gasteiger partial charge in [-0.15, -0.1) is 0 Å². The molecule has 0 bridgehead atoms. The van der Waals surface area contributed by atoms with Crippen molar-refractivity contribution in [2.24, 2.45) is 0 Å². The first-order chi connectivity index (χ1) is 10.2. The fraction of sp³-hybridized carbons (Fsp3) is 0.235. The number of hydrogen-bond donors (Lipinski definition) is 1. The van der Waals surface area contributed by atoms with E-state index in [4.69, 9.17) is 9.47 Å². The van der Waals surface area contributed by atoms with Gasteiger partial charge in [-0.3, -0.25) is 4.79 Å². The maximum Gasteiger partial charge on any atom is 0.311 e. The summed E-state index contributed by atoms with van der Waals surface area (Å²) < 4.78 is 10.4. The largest absolute Gasteiger partial charge is 0.493 e. The van der Waals surface area contributed by atoms with Crippen LogP contribution in [0.2, 0.25) is 0 Å². The van der Waals surface area contributed by atoms with Gasteiger partial charge in [0.1, 0.15) is 0 Å². The van der Waals surface area contributed by atoms with Gasteiger partial charge in [-0.25, -0.2) is 0 Å². The van der Waals surface area contributed by atoms with Gasteiger partial charge < -0.3 is 14.6 Å². The molecule has 0 aliphatic carbocycles. The van der Waals surface area contributed by atoms with Crippen molar-refractivity contribution in [2.45, 2.75) is 12.3 Å². The number of methoxy groups -OCH3 is 2. The third-order valence-corrected chi connectivity index (χ3v) is 3.39. The molecule has 4 nitrogen and oxygen atoms in total. The lowest BCUT2D eigenvalue weighted by atomic mass is 9.92. The maximum absolute atomic E-state index is 11.5. The van der Waals surface area contributed by atoms with Crippen molar-refractivity contribution in [2.75, 3.05) is 14.2 Å². The Kier molecular flexibility index (Phi) is 4.82. The first-order valence-corrected chi connectivity index (χ1v) is 6.64. The third-order valence-electron chi connectivity index (χ3n) is 3.39. The average molecular weight is 286 g/mol. The Hall–Kier alpha value is -2.49. The molecule has 2 aromatic rings. The Balaban J connectivity index is 2.28. The van der Waals surface area contributed by atoms with Gasteiger partial charge >= 0.3 is 5.97 Å². The minimum absolute atomic E-state index is 0.402. The molecule has 0 aromatic heterocycles. The fourth-order valence-corrected chi connectivity index (χ4v) is 2.28. The van der Waals surface area contributed by atoms with Crippen LogP contribution in [0.1, 0.15) is 17.0 Å². The van der Waals surface area contributed by atoms with Crippen molar-refractivity contribution in [3.63, 3.8) is 0 Å².